The van der Waals surface area contributed by atoms with Crippen LogP contribution in [0.2, 0.25) is 0 Å². The molecule has 0 aliphatic rings. The second-order valence-corrected chi connectivity index (χ2v) is 3.81. The third-order valence-electron chi connectivity index (χ3n) is 2.46. The summed E-state index contributed by atoms with van der Waals surface area (Å²) in [7, 11) is 0. The van der Waals surface area contributed by atoms with Crippen LogP contribution in [0.4, 0.5) is 17.6 Å². The number of carbonyl (C=O) groups excluding carboxylic acids is 2. The lowest BCUT2D eigenvalue weighted by atomic mass is 10.2. The lowest BCUT2D eigenvalue weighted by Crippen LogP contribution is -2.01. The summed E-state index contributed by atoms with van der Waals surface area (Å²) in [5.41, 5.74) is -0.908. The highest BCUT2D eigenvalue weighted by atomic mass is 19.2. The van der Waals surface area contributed by atoms with Crippen molar-refractivity contribution in [3.8, 4) is 11.5 Å². The van der Waals surface area contributed by atoms with Crippen molar-refractivity contribution in [2.45, 2.75) is 0 Å². The molecule has 2 N–H and O–H groups in total. The lowest BCUT2D eigenvalue weighted by molar-refractivity contribution is 0.110. The average Bonchev–Trinajstić information content (AvgIpc) is 2.53. The molecule has 2 rings (SSSR count). The second-order valence-electron chi connectivity index (χ2n) is 3.81. The van der Waals surface area contributed by atoms with Crippen molar-refractivity contribution >= 4 is 12.6 Å². The Morgan fingerprint density at radius 2 is 1.32 bits per heavy atom. The standard InChI is InChI=1S/C7H2F4O2.C7H6O2/c8-3-2(1-12)7(13)6(11)5(10)4(3)9;8-5-6-3-1-2-4-7(6)9/h1,13H;1-5,9H. The number of hydrogen-bond donors (Lipinski definition) is 2. The number of benzene rings is 2. The first-order valence-electron chi connectivity index (χ1n) is 5.58. The number of para-hydroxylation sites is 1. The summed E-state index contributed by atoms with van der Waals surface area (Å²) in [6, 6.07) is 6.40. The van der Waals surface area contributed by atoms with E-state index >= 15 is 0 Å². The van der Waals surface area contributed by atoms with Crippen LogP contribution in [0.3, 0.4) is 0 Å². The highest BCUT2D eigenvalue weighted by molar-refractivity contribution is 5.79. The Kier molecular flexibility index (Phi) is 5.62. The summed E-state index contributed by atoms with van der Waals surface area (Å²) in [5.74, 6) is -9.68. The Bertz CT molecular complexity index is 687. The first-order chi connectivity index (χ1) is 10.3. The molecular weight excluding hydrogens is 308 g/mol. The molecule has 2 aromatic rings. The predicted octanol–water partition coefficient (Wildman–Crippen LogP) is 2.97. The number of hydrogen-bond acceptors (Lipinski definition) is 4. The first-order valence-corrected chi connectivity index (χ1v) is 5.58. The van der Waals surface area contributed by atoms with E-state index < -0.39 is 34.6 Å². The maximum Gasteiger partial charge on any atom is 0.204 e. The third kappa shape index (κ3) is 3.40. The van der Waals surface area contributed by atoms with E-state index in [2.05, 4.69) is 0 Å². The van der Waals surface area contributed by atoms with Crippen molar-refractivity contribution in [2.24, 2.45) is 0 Å². The Morgan fingerprint density at radius 3 is 1.77 bits per heavy atom. The first kappa shape index (κ1) is 17.2. The van der Waals surface area contributed by atoms with E-state index in [1.807, 2.05) is 0 Å². The van der Waals surface area contributed by atoms with E-state index in [1.54, 1.807) is 18.2 Å². The van der Waals surface area contributed by atoms with Crippen molar-refractivity contribution in [1.82, 2.24) is 0 Å². The van der Waals surface area contributed by atoms with E-state index in [0.717, 1.165) is 0 Å². The summed E-state index contributed by atoms with van der Waals surface area (Å²) in [6.45, 7) is 0. The molecule has 0 heterocycles. The molecular formula is C14H8F4O4. The number of phenolic OH excluding ortho intramolecular Hbond substituents is 2. The van der Waals surface area contributed by atoms with Gasteiger partial charge in [-0.1, -0.05) is 12.1 Å². The van der Waals surface area contributed by atoms with Crippen LogP contribution in [-0.2, 0) is 0 Å². The molecule has 4 nitrogen and oxygen atoms in total. The Morgan fingerprint density at radius 1 is 0.773 bits per heavy atom. The number of halogens is 4. The SMILES string of the molecule is O=Cc1c(O)c(F)c(F)c(F)c1F.O=Cc1ccccc1O. The molecule has 0 saturated carbocycles. The van der Waals surface area contributed by atoms with Gasteiger partial charge in [0.1, 0.15) is 5.75 Å². The van der Waals surface area contributed by atoms with E-state index in [4.69, 9.17) is 10.2 Å². The summed E-state index contributed by atoms with van der Waals surface area (Å²) in [4.78, 5) is 20.1. The largest absolute Gasteiger partial charge is 0.507 e. The fourth-order valence-electron chi connectivity index (χ4n) is 1.33. The summed E-state index contributed by atoms with van der Waals surface area (Å²) < 4.78 is 49.6. The van der Waals surface area contributed by atoms with E-state index in [-0.39, 0.29) is 12.0 Å². The Balaban J connectivity index is 0.000000235. The van der Waals surface area contributed by atoms with Gasteiger partial charge in [-0.05, 0) is 12.1 Å². The van der Waals surface area contributed by atoms with Crippen molar-refractivity contribution in [3.05, 3.63) is 58.7 Å². The monoisotopic (exact) mass is 316 g/mol. The molecule has 0 aliphatic heterocycles. The third-order valence-corrected chi connectivity index (χ3v) is 2.46. The molecule has 0 fully saturated rings. The summed E-state index contributed by atoms with van der Waals surface area (Å²) >= 11 is 0. The molecule has 8 heteroatoms. The minimum Gasteiger partial charge on any atom is -0.507 e. The van der Waals surface area contributed by atoms with Gasteiger partial charge >= 0.3 is 0 Å². The predicted molar refractivity (Wildman–Crippen MR) is 66.8 cm³/mol. The van der Waals surface area contributed by atoms with Crippen LogP contribution in [0.25, 0.3) is 0 Å². The van der Waals surface area contributed by atoms with Gasteiger partial charge in [-0.15, -0.1) is 0 Å². The topological polar surface area (TPSA) is 74.6 Å². The van der Waals surface area contributed by atoms with Gasteiger partial charge in [0.15, 0.2) is 30.0 Å². The number of rotatable bonds is 2. The Hall–Kier alpha value is -2.90. The molecule has 0 spiro atoms. The quantitative estimate of drug-likeness (QED) is 0.387. The van der Waals surface area contributed by atoms with Crippen LogP contribution in [0.15, 0.2) is 24.3 Å². The van der Waals surface area contributed by atoms with Gasteiger partial charge in [-0.3, -0.25) is 9.59 Å². The molecule has 2 aromatic carbocycles. The van der Waals surface area contributed by atoms with Gasteiger partial charge in [-0.2, -0.15) is 4.39 Å². The molecule has 0 amide bonds. The number of aldehydes is 2. The molecule has 0 unspecified atom stereocenters. The van der Waals surface area contributed by atoms with Gasteiger partial charge in [0, 0.05) is 0 Å². The molecule has 0 bridgehead atoms. The average molecular weight is 316 g/mol. The zero-order chi connectivity index (χ0) is 16.9. The van der Waals surface area contributed by atoms with Crippen LogP contribution in [0, 0.1) is 23.3 Å². The second kappa shape index (κ2) is 7.21. The molecule has 0 atom stereocenters. The van der Waals surface area contributed by atoms with Gasteiger partial charge < -0.3 is 10.2 Å². The van der Waals surface area contributed by atoms with Gasteiger partial charge in [-0.25, -0.2) is 13.2 Å². The minimum absolute atomic E-state index is 0.0347. The molecule has 0 aliphatic carbocycles. The number of phenols is 2. The zero-order valence-electron chi connectivity index (χ0n) is 10.7. The van der Waals surface area contributed by atoms with Crippen molar-refractivity contribution in [3.63, 3.8) is 0 Å². The van der Waals surface area contributed by atoms with Crippen molar-refractivity contribution in [2.75, 3.05) is 0 Å². The Labute approximate surface area is 121 Å². The van der Waals surface area contributed by atoms with Gasteiger partial charge in [0.2, 0.25) is 11.6 Å². The fourth-order valence-corrected chi connectivity index (χ4v) is 1.33. The maximum atomic E-state index is 12.5. The number of carbonyl (C=O) groups is 2. The zero-order valence-corrected chi connectivity index (χ0v) is 10.7. The molecule has 116 valence electrons. The van der Waals surface area contributed by atoms with E-state index in [9.17, 15) is 27.2 Å². The minimum atomic E-state index is -2.15. The molecule has 0 aromatic heterocycles. The molecule has 22 heavy (non-hydrogen) atoms. The summed E-state index contributed by atoms with van der Waals surface area (Å²) in [5, 5.41) is 17.5. The van der Waals surface area contributed by atoms with Crippen molar-refractivity contribution < 1.29 is 37.4 Å². The van der Waals surface area contributed by atoms with Crippen LogP contribution < -0.4 is 0 Å². The highest BCUT2D eigenvalue weighted by Crippen LogP contribution is 2.27. The smallest absolute Gasteiger partial charge is 0.204 e. The molecule has 0 saturated heterocycles. The number of aromatic hydroxyl groups is 2. The van der Waals surface area contributed by atoms with E-state index in [1.165, 1.54) is 6.07 Å². The van der Waals surface area contributed by atoms with Gasteiger partial charge in [0.25, 0.3) is 0 Å². The highest BCUT2D eigenvalue weighted by Gasteiger charge is 2.24. The van der Waals surface area contributed by atoms with Crippen LogP contribution in [0.5, 0.6) is 11.5 Å². The van der Waals surface area contributed by atoms with Crippen LogP contribution in [-0.4, -0.2) is 22.8 Å². The normalized spacial score (nSPS) is 9.64. The van der Waals surface area contributed by atoms with Crippen LogP contribution in [0.1, 0.15) is 20.7 Å². The maximum absolute atomic E-state index is 12.5. The summed E-state index contributed by atoms with van der Waals surface area (Å²) in [6.07, 6.45) is 0.311. The lowest BCUT2D eigenvalue weighted by Gasteiger charge is -2.02. The van der Waals surface area contributed by atoms with E-state index in [0.29, 0.717) is 11.8 Å². The fraction of sp³-hybridized carbons (Fsp3) is 0. The molecule has 0 radical (unpaired) electrons. The van der Waals surface area contributed by atoms with Crippen molar-refractivity contribution in [1.29, 1.82) is 0 Å². The van der Waals surface area contributed by atoms with Gasteiger partial charge in [0.05, 0.1) is 11.1 Å². The van der Waals surface area contributed by atoms with Crippen LogP contribution >= 0.6 is 0 Å².